The average molecular weight is 397 g/mol. The van der Waals surface area contributed by atoms with Crippen molar-refractivity contribution in [1.29, 1.82) is 0 Å². The van der Waals surface area contributed by atoms with Crippen LogP contribution in [0.1, 0.15) is 16.7 Å². The van der Waals surface area contributed by atoms with E-state index < -0.39 is 7.26 Å². The maximum atomic E-state index is 10.4. The van der Waals surface area contributed by atoms with Crippen molar-refractivity contribution in [2.24, 2.45) is 0 Å². The monoisotopic (exact) mass is 397 g/mol. The third-order valence-electron chi connectivity index (χ3n) is 5.48. The molecule has 0 radical (unpaired) electrons. The van der Waals surface area contributed by atoms with Crippen LogP contribution in [0.4, 0.5) is 0 Å². The zero-order valence-electron chi connectivity index (χ0n) is 17.1. The number of aryl methyl sites for hydroxylation is 3. The second-order valence-electron chi connectivity index (χ2n) is 7.70. The van der Waals surface area contributed by atoms with Gasteiger partial charge >= 0.3 is 0 Å². The van der Waals surface area contributed by atoms with Crippen LogP contribution in [0.25, 0.3) is 0 Å². The van der Waals surface area contributed by atoms with E-state index in [4.69, 9.17) is 0 Å². The van der Waals surface area contributed by atoms with Gasteiger partial charge in [-0.05, 0) is 69.3 Å². The number of phenolic OH excluding ortho intramolecular Hbond substituents is 1. The molecular weight excluding hydrogens is 371 g/mol. The molecule has 0 spiro atoms. The van der Waals surface area contributed by atoms with E-state index in [1.807, 2.05) is 12.1 Å². The first-order valence-corrected chi connectivity index (χ1v) is 11.7. The molecule has 0 saturated heterocycles. The molecule has 29 heavy (non-hydrogen) atoms. The molecular formula is C27H26OP+. The molecule has 4 rings (SSSR count). The van der Waals surface area contributed by atoms with Crippen LogP contribution in [0.5, 0.6) is 5.75 Å². The first-order valence-electron chi connectivity index (χ1n) is 9.90. The predicted molar refractivity (Wildman–Crippen MR) is 127 cm³/mol. The van der Waals surface area contributed by atoms with Gasteiger partial charge in [0.25, 0.3) is 0 Å². The van der Waals surface area contributed by atoms with Gasteiger partial charge in [0.05, 0.1) is 0 Å². The lowest BCUT2D eigenvalue weighted by Crippen LogP contribution is -2.38. The van der Waals surface area contributed by atoms with E-state index in [0.717, 1.165) is 5.30 Å². The molecule has 0 fully saturated rings. The summed E-state index contributed by atoms with van der Waals surface area (Å²) in [6, 6.07) is 34.5. The van der Waals surface area contributed by atoms with Crippen molar-refractivity contribution in [3.05, 3.63) is 114 Å². The Hall–Kier alpha value is -2.89. The summed E-state index contributed by atoms with van der Waals surface area (Å²) in [5, 5.41) is 15.4. The maximum absolute atomic E-state index is 10.4. The number of hydrogen-bond donors (Lipinski definition) is 1. The van der Waals surface area contributed by atoms with Crippen LogP contribution in [-0.2, 0) is 0 Å². The fourth-order valence-electron chi connectivity index (χ4n) is 3.90. The third kappa shape index (κ3) is 3.59. The fourth-order valence-corrected chi connectivity index (χ4v) is 8.11. The Morgan fingerprint density at radius 3 is 1.21 bits per heavy atom. The standard InChI is InChI=1S/C27H25OP/c1-20-7-13-24(14-8-20)29(25-15-9-21(2)10-16-25,26-17-11-22(3)12-18-26)27-6-4-5-23(28)19-27/h4-19H,1-3H3/p+1. The molecule has 0 heterocycles. The molecule has 0 saturated carbocycles. The molecule has 1 N–H and O–H groups in total. The third-order valence-corrected chi connectivity index (χ3v) is 9.75. The Balaban J connectivity index is 2.13. The number of hydrogen-bond acceptors (Lipinski definition) is 1. The predicted octanol–water partition coefficient (Wildman–Crippen LogP) is 4.94. The van der Waals surface area contributed by atoms with Gasteiger partial charge in [-0.1, -0.05) is 59.2 Å². The van der Waals surface area contributed by atoms with Crippen molar-refractivity contribution in [2.75, 3.05) is 0 Å². The van der Waals surface area contributed by atoms with Crippen LogP contribution in [0.15, 0.2) is 97.1 Å². The highest BCUT2D eigenvalue weighted by molar-refractivity contribution is 8.01. The van der Waals surface area contributed by atoms with Gasteiger partial charge < -0.3 is 5.11 Å². The molecule has 0 aromatic heterocycles. The number of benzene rings is 4. The molecule has 0 aliphatic carbocycles. The minimum Gasteiger partial charge on any atom is -0.508 e. The van der Waals surface area contributed by atoms with E-state index in [1.165, 1.54) is 32.6 Å². The molecule has 0 bridgehead atoms. The minimum absolute atomic E-state index is 0.304. The van der Waals surface area contributed by atoms with Crippen molar-refractivity contribution in [2.45, 2.75) is 20.8 Å². The minimum atomic E-state index is -2.15. The van der Waals surface area contributed by atoms with Gasteiger partial charge in [0.15, 0.2) is 0 Å². The first-order chi connectivity index (χ1) is 14.0. The molecule has 4 aromatic carbocycles. The second kappa shape index (κ2) is 7.85. The summed E-state index contributed by atoms with van der Waals surface area (Å²) in [7, 11) is -2.15. The molecule has 0 aliphatic heterocycles. The zero-order chi connectivity index (χ0) is 20.4. The van der Waals surface area contributed by atoms with E-state index in [2.05, 4.69) is 99.6 Å². The molecule has 0 amide bonds. The van der Waals surface area contributed by atoms with Gasteiger partial charge in [0.1, 0.15) is 34.2 Å². The van der Waals surface area contributed by atoms with Gasteiger partial charge in [-0.15, -0.1) is 0 Å². The average Bonchev–Trinajstić information content (AvgIpc) is 2.72. The van der Waals surface area contributed by atoms with Crippen LogP contribution in [0, 0.1) is 20.8 Å². The number of phenols is 1. The van der Waals surface area contributed by atoms with Gasteiger partial charge in [0, 0.05) is 6.07 Å². The lowest BCUT2D eigenvalue weighted by molar-refractivity contribution is 0.476. The van der Waals surface area contributed by atoms with Gasteiger partial charge in [-0.25, -0.2) is 0 Å². The topological polar surface area (TPSA) is 20.2 Å². The highest BCUT2D eigenvalue weighted by Crippen LogP contribution is 2.54. The van der Waals surface area contributed by atoms with Crippen LogP contribution in [-0.4, -0.2) is 5.11 Å². The van der Waals surface area contributed by atoms with E-state index in [-0.39, 0.29) is 0 Å². The SMILES string of the molecule is Cc1ccc([P+](c2ccc(C)cc2)(c2ccc(C)cc2)c2cccc(O)c2)cc1. The van der Waals surface area contributed by atoms with E-state index in [1.54, 1.807) is 6.07 Å². The van der Waals surface area contributed by atoms with Crippen molar-refractivity contribution < 1.29 is 5.11 Å². The van der Waals surface area contributed by atoms with Crippen LogP contribution in [0.3, 0.4) is 0 Å². The molecule has 4 aromatic rings. The zero-order valence-corrected chi connectivity index (χ0v) is 18.0. The van der Waals surface area contributed by atoms with E-state index >= 15 is 0 Å². The highest BCUT2D eigenvalue weighted by atomic mass is 31.2. The molecule has 0 aliphatic rings. The Morgan fingerprint density at radius 1 is 0.483 bits per heavy atom. The summed E-state index contributed by atoms with van der Waals surface area (Å²) in [4.78, 5) is 0. The summed E-state index contributed by atoms with van der Waals surface area (Å²) in [5.41, 5.74) is 3.74. The maximum Gasteiger partial charge on any atom is 0.144 e. The van der Waals surface area contributed by atoms with Crippen molar-refractivity contribution in [1.82, 2.24) is 0 Å². The van der Waals surface area contributed by atoms with E-state index in [0.29, 0.717) is 5.75 Å². The Morgan fingerprint density at radius 2 is 0.862 bits per heavy atom. The van der Waals surface area contributed by atoms with Crippen molar-refractivity contribution in [3.63, 3.8) is 0 Å². The lowest BCUT2D eigenvalue weighted by atomic mass is 10.2. The van der Waals surface area contributed by atoms with Crippen molar-refractivity contribution in [3.8, 4) is 5.75 Å². The number of rotatable bonds is 4. The van der Waals surface area contributed by atoms with Crippen LogP contribution in [0.2, 0.25) is 0 Å². The van der Waals surface area contributed by atoms with Gasteiger partial charge in [0.2, 0.25) is 0 Å². The second-order valence-corrected chi connectivity index (χ2v) is 11.1. The summed E-state index contributed by atoms with van der Waals surface area (Å²) in [6.45, 7) is 6.36. The smallest absolute Gasteiger partial charge is 0.144 e. The highest BCUT2D eigenvalue weighted by Gasteiger charge is 2.48. The normalized spacial score (nSPS) is 11.4. The number of aromatic hydroxyl groups is 1. The van der Waals surface area contributed by atoms with Crippen LogP contribution < -0.4 is 21.2 Å². The Kier molecular flexibility index (Phi) is 5.26. The summed E-state index contributed by atoms with van der Waals surface area (Å²) >= 11 is 0. The van der Waals surface area contributed by atoms with Gasteiger partial charge in [-0.3, -0.25) is 0 Å². The van der Waals surface area contributed by atoms with Gasteiger partial charge in [-0.2, -0.15) is 0 Å². The molecule has 1 nitrogen and oxygen atoms in total. The fraction of sp³-hybridized carbons (Fsp3) is 0.111. The summed E-state index contributed by atoms with van der Waals surface area (Å²) in [5.74, 6) is 0.304. The lowest BCUT2D eigenvalue weighted by Gasteiger charge is -2.28. The summed E-state index contributed by atoms with van der Waals surface area (Å²) < 4.78 is 0. The first kappa shape index (κ1) is 19.4. The molecule has 144 valence electrons. The van der Waals surface area contributed by atoms with Crippen LogP contribution >= 0.6 is 7.26 Å². The van der Waals surface area contributed by atoms with Crippen molar-refractivity contribution >= 4 is 28.5 Å². The quantitative estimate of drug-likeness (QED) is 0.484. The molecule has 0 unspecified atom stereocenters. The van der Waals surface area contributed by atoms with E-state index in [9.17, 15) is 5.11 Å². The molecule has 0 atom stereocenters. The Bertz CT molecular complexity index is 1000. The summed E-state index contributed by atoms with van der Waals surface area (Å²) in [6.07, 6.45) is 0. The Labute approximate surface area is 174 Å². The molecule has 2 heteroatoms. The largest absolute Gasteiger partial charge is 0.508 e.